The Labute approximate surface area is 97.9 Å². The quantitative estimate of drug-likeness (QED) is 0.885. The Kier molecular flexibility index (Phi) is 2.96. The number of nitrogen functional groups attached to an aromatic ring is 1. The standard InChI is InChI=1S/C10H11ClN4O/c1-15(4-7-2-3-16-5-7)10-8(11)9(12)13-6-14-10/h2-3,5-6H,4H2,1H3,(H2,12,13,14). The maximum atomic E-state index is 6.01. The van der Waals surface area contributed by atoms with Crippen molar-refractivity contribution in [2.45, 2.75) is 6.54 Å². The molecule has 84 valence electrons. The molecule has 2 aromatic rings. The average Bonchev–Trinajstić information content (AvgIpc) is 2.74. The Hall–Kier alpha value is -1.75. The minimum atomic E-state index is 0.283. The number of rotatable bonds is 3. The van der Waals surface area contributed by atoms with Gasteiger partial charge in [0.1, 0.15) is 17.2 Å². The molecule has 0 fully saturated rings. The van der Waals surface area contributed by atoms with Crippen molar-refractivity contribution in [3.05, 3.63) is 35.5 Å². The number of furan rings is 1. The lowest BCUT2D eigenvalue weighted by Crippen LogP contribution is -2.18. The lowest BCUT2D eigenvalue weighted by molar-refractivity contribution is 0.563. The predicted molar refractivity (Wildman–Crippen MR) is 62.3 cm³/mol. The van der Waals surface area contributed by atoms with Gasteiger partial charge in [-0.1, -0.05) is 11.6 Å². The molecule has 16 heavy (non-hydrogen) atoms. The van der Waals surface area contributed by atoms with Crippen LogP contribution in [0, 0.1) is 0 Å². The van der Waals surface area contributed by atoms with E-state index in [0.29, 0.717) is 17.4 Å². The molecule has 2 aromatic heterocycles. The molecule has 0 saturated carbocycles. The first-order chi connectivity index (χ1) is 7.68. The molecule has 0 amide bonds. The maximum absolute atomic E-state index is 6.01. The van der Waals surface area contributed by atoms with Gasteiger partial charge in [0.15, 0.2) is 5.82 Å². The Morgan fingerprint density at radius 1 is 1.50 bits per heavy atom. The maximum Gasteiger partial charge on any atom is 0.153 e. The minimum absolute atomic E-state index is 0.283. The number of nitrogens with two attached hydrogens (primary N) is 1. The smallest absolute Gasteiger partial charge is 0.153 e. The molecule has 0 spiro atoms. The molecule has 0 aliphatic carbocycles. The number of hydrogen-bond donors (Lipinski definition) is 1. The highest BCUT2D eigenvalue weighted by molar-refractivity contribution is 6.35. The summed E-state index contributed by atoms with van der Waals surface area (Å²) in [6, 6.07) is 1.88. The van der Waals surface area contributed by atoms with E-state index in [4.69, 9.17) is 21.8 Å². The van der Waals surface area contributed by atoms with E-state index in [0.717, 1.165) is 5.56 Å². The second kappa shape index (κ2) is 4.40. The third-order valence-corrected chi connectivity index (χ3v) is 2.52. The monoisotopic (exact) mass is 238 g/mol. The number of anilines is 2. The fourth-order valence-corrected chi connectivity index (χ4v) is 1.61. The van der Waals surface area contributed by atoms with Gasteiger partial charge in [0.05, 0.1) is 12.5 Å². The molecule has 0 radical (unpaired) electrons. The van der Waals surface area contributed by atoms with Crippen LogP contribution >= 0.6 is 11.6 Å². The van der Waals surface area contributed by atoms with E-state index in [2.05, 4.69) is 9.97 Å². The summed E-state index contributed by atoms with van der Waals surface area (Å²) in [5.74, 6) is 0.890. The van der Waals surface area contributed by atoms with Gasteiger partial charge >= 0.3 is 0 Å². The molecule has 2 heterocycles. The first-order valence-electron chi connectivity index (χ1n) is 4.66. The number of nitrogens with zero attached hydrogens (tertiary/aromatic N) is 3. The Morgan fingerprint density at radius 2 is 2.31 bits per heavy atom. The predicted octanol–water partition coefficient (Wildman–Crippen LogP) is 1.94. The van der Waals surface area contributed by atoms with Gasteiger partial charge in [-0.25, -0.2) is 9.97 Å². The van der Waals surface area contributed by atoms with Crippen LogP contribution in [0.3, 0.4) is 0 Å². The highest BCUT2D eigenvalue weighted by Crippen LogP contribution is 2.26. The fraction of sp³-hybridized carbons (Fsp3) is 0.200. The summed E-state index contributed by atoms with van der Waals surface area (Å²) in [7, 11) is 1.88. The summed E-state index contributed by atoms with van der Waals surface area (Å²) in [5, 5.41) is 0.369. The van der Waals surface area contributed by atoms with Crippen LogP contribution in [-0.4, -0.2) is 17.0 Å². The highest BCUT2D eigenvalue weighted by atomic mass is 35.5. The van der Waals surface area contributed by atoms with Crippen LogP contribution in [-0.2, 0) is 6.54 Å². The summed E-state index contributed by atoms with van der Waals surface area (Å²) in [6.45, 7) is 0.646. The van der Waals surface area contributed by atoms with Crippen molar-refractivity contribution in [1.82, 2.24) is 9.97 Å². The highest BCUT2D eigenvalue weighted by Gasteiger charge is 2.11. The SMILES string of the molecule is CN(Cc1ccoc1)c1ncnc(N)c1Cl. The van der Waals surface area contributed by atoms with Gasteiger partial charge in [-0.15, -0.1) is 0 Å². The van der Waals surface area contributed by atoms with Gasteiger partial charge in [-0.3, -0.25) is 0 Å². The van der Waals surface area contributed by atoms with E-state index >= 15 is 0 Å². The van der Waals surface area contributed by atoms with Gasteiger partial charge in [0.25, 0.3) is 0 Å². The van der Waals surface area contributed by atoms with Crippen molar-refractivity contribution in [3.8, 4) is 0 Å². The van der Waals surface area contributed by atoms with Crippen LogP contribution in [0.1, 0.15) is 5.56 Å². The van der Waals surface area contributed by atoms with Crippen molar-refractivity contribution >= 4 is 23.2 Å². The van der Waals surface area contributed by atoms with Crippen LogP contribution in [0.2, 0.25) is 5.02 Å². The van der Waals surface area contributed by atoms with Crippen molar-refractivity contribution in [1.29, 1.82) is 0 Å². The molecular weight excluding hydrogens is 228 g/mol. The van der Waals surface area contributed by atoms with E-state index in [1.165, 1.54) is 6.33 Å². The number of aromatic nitrogens is 2. The molecule has 0 atom stereocenters. The number of halogens is 1. The summed E-state index contributed by atoms with van der Waals surface area (Å²) < 4.78 is 4.99. The van der Waals surface area contributed by atoms with Crippen LogP contribution in [0.25, 0.3) is 0 Å². The summed E-state index contributed by atoms with van der Waals surface area (Å²) >= 11 is 6.01. The van der Waals surface area contributed by atoms with Crippen LogP contribution in [0.4, 0.5) is 11.6 Å². The lowest BCUT2D eigenvalue weighted by Gasteiger charge is -2.18. The normalized spacial score (nSPS) is 10.4. The van der Waals surface area contributed by atoms with E-state index in [9.17, 15) is 0 Å². The Morgan fingerprint density at radius 3 is 3.00 bits per heavy atom. The van der Waals surface area contributed by atoms with Crippen LogP contribution in [0.15, 0.2) is 29.3 Å². The molecule has 0 aliphatic rings. The Balaban J connectivity index is 2.21. The van der Waals surface area contributed by atoms with Crippen LogP contribution < -0.4 is 10.6 Å². The van der Waals surface area contributed by atoms with Gasteiger partial charge in [-0.05, 0) is 6.07 Å². The molecule has 0 saturated heterocycles. The molecule has 5 nitrogen and oxygen atoms in total. The Bertz CT molecular complexity index is 472. The van der Waals surface area contributed by atoms with Crippen molar-refractivity contribution in [2.75, 3.05) is 17.7 Å². The van der Waals surface area contributed by atoms with E-state index in [1.54, 1.807) is 12.5 Å². The zero-order valence-corrected chi connectivity index (χ0v) is 9.48. The largest absolute Gasteiger partial charge is 0.472 e. The molecule has 0 aliphatic heterocycles. The first kappa shape index (κ1) is 10.8. The van der Waals surface area contributed by atoms with Crippen LogP contribution in [0.5, 0.6) is 0 Å². The van der Waals surface area contributed by atoms with Gasteiger partial charge in [0.2, 0.25) is 0 Å². The molecule has 0 aromatic carbocycles. The third kappa shape index (κ3) is 2.09. The summed E-state index contributed by atoms with van der Waals surface area (Å²) in [4.78, 5) is 9.78. The summed E-state index contributed by atoms with van der Waals surface area (Å²) in [6.07, 6.45) is 4.69. The van der Waals surface area contributed by atoms with Gasteiger partial charge in [0, 0.05) is 19.2 Å². The second-order valence-electron chi connectivity index (χ2n) is 3.38. The molecule has 0 unspecified atom stereocenters. The molecule has 0 bridgehead atoms. The zero-order valence-electron chi connectivity index (χ0n) is 8.72. The second-order valence-corrected chi connectivity index (χ2v) is 3.76. The topological polar surface area (TPSA) is 68.2 Å². The van der Waals surface area contributed by atoms with E-state index in [-0.39, 0.29) is 5.82 Å². The van der Waals surface area contributed by atoms with Gasteiger partial charge in [-0.2, -0.15) is 0 Å². The first-order valence-corrected chi connectivity index (χ1v) is 5.04. The summed E-state index contributed by atoms with van der Waals surface area (Å²) in [5.41, 5.74) is 6.64. The van der Waals surface area contributed by atoms with E-state index < -0.39 is 0 Å². The average molecular weight is 239 g/mol. The van der Waals surface area contributed by atoms with Crippen molar-refractivity contribution < 1.29 is 4.42 Å². The number of hydrogen-bond acceptors (Lipinski definition) is 5. The zero-order chi connectivity index (χ0) is 11.5. The van der Waals surface area contributed by atoms with E-state index in [1.807, 2.05) is 18.0 Å². The fourth-order valence-electron chi connectivity index (χ4n) is 1.37. The van der Waals surface area contributed by atoms with Crippen molar-refractivity contribution in [3.63, 3.8) is 0 Å². The molecular formula is C10H11ClN4O. The minimum Gasteiger partial charge on any atom is -0.472 e. The van der Waals surface area contributed by atoms with Gasteiger partial charge < -0.3 is 15.1 Å². The molecule has 6 heteroatoms. The van der Waals surface area contributed by atoms with Crippen molar-refractivity contribution in [2.24, 2.45) is 0 Å². The molecule has 2 rings (SSSR count). The lowest BCUT2D eigenvalue weighted by atomic mass is 10.3. The third-order valence-electron chi connectivity index (χ3n) is 2.16. The molecule has 2 N–H and O–H groups in total.